The summed E-state index contributed by atoms with van der Waals surface area (Å²) >= 11 is 0. The van der Waals surface area contributed by atoms with Crippen molar-refractivity contribution >= 4 is 0 Å². The molecule has 2 rings (SSSR count). The van der Waals surface area contributed by atoms with Crippen molar-refractivity contribution in [1.82, 2.24) is 5.32 Å². The molecule has 1 aliphatic rings. The smallest absolute Gasteiger partial charge is 0.373 e. The Balaban J connectivity index is 2.13. The molecule has 0 saturated carbocycles. The highest BCUT2D eigenvalue weighted by Crippen LogP contribution is 2.37. The minimum atomic E-state index is -4.31. The fourth-order valence-electron chi connectivity index (χ4n) is 2.49. The van der Waals surface area contributed by atoms with Crippen LogP contribution in [0.2, 0.25) is 0 Å². The van der Waals surface area contributed by atoms with Gasteiger partial charge in [0.05, 0.1) is 11.7 Å². The standard InChI is InChI=1S/C15H20F3NO/c1-10(2)19-9-12-6-7-20-14(12)11-4-3-5-13(8-11)15(16,17)18/h3-5,8,10,12,14,19H,6-7,9H2,1-2H3. The summed E-state index contributed by atoms with van der Waals surface area (Å²) in [5, 5.41) is 3.33. The minimum Gasteiger partial charge on any atom is -0.373 e. The Bertz CT molecular complexity index is 445. The number of nitrogens with one attached hydrogen (secondary N) is 1. The highest BCUT2D eigenvalue weighted by Gasteiger charge is 2.34. The van der Waals surface area contributed by atoms with Crippen LogP contribution in [0.3, 0.4) is 0 Å². The van der Waals surface area contributed by atoms with Crippen LogP contribution < -0.4 is 5.32 Å². The lowest BCUT2D eigenvalue weighted by Gasteiger charge is -2.21. The van der Waals surface area contributed by atoms with Gasteiger partial charge in [0, 0.05) is 25.1 Å². The Morgan fingerprint density at radius 1 is 1.35 bits per heavy atom. The second-order valence-corrected chi connectivity index (χ2v) is 5.53. The lowest BCUT2D eigenvalue weighted by molar-refractivity contribution is -0.137. The Kier molecular flexibility index (Phi) is 4.70. The zero-order valence-electron chi connectivity index (χ0n) is 11.7. The number of alkyl halides is 3. The van der Waals surface area contributed by atoms with Gasteiger partial charge in [-0.1, -0.05) is 26.0 Å². The number of hydrogen-bond acceptors (Lipinski definition) is 2. The summed E-state index contributed by atoms with van der Waals surface area (Å²) in [4.78, 5) is 0. The van der Waals surface area contributed by atoms with Gasteiger partial charge in [0.25, 0.3) is 0 Å². The molecule has 20 heavy (non-hydrogen) atoms. The molecule has 112 valence electrons. The number of ether oxygens (including phenoxy) is 1. The highest BCUT2D eigenvalue weighted by molar-refractivity contribution is 5.28. The molecule has 1 aromatic carbocycles. The maximum atomic E-state index is 12.8. The SMILES string of the molecule is CC(C)NCC1CCOC1c1cccc(C(F)(F)F)c1. The zero-order valence-corrected chi connectivity index (χ0v) is 11.7. The molecule has 1 saturated heterocycles. The van der Waals surface area contributed by atoms with Crippen molar-refractivity contribution < 1.29 is 17.9 Å². The average Bonchev–Trinajstić information content (AvgIpc) is 2.83. The second kappa shape index (κ2) is 6.14. The summed E-state index contributed by atoms with van der Waals surface area (Å²) in [5.74, 6) is 0.223. The van der Waals surface area contributed by atoms with Gasteiger partial charge in [-0.15, -0.1) is 0 Å². The van der Waals surface area contributed by atoms with E-state index in [9.17, 15) is 13.2 Å². The molecule has 2 nitrogen and oxygen atoms in total. The molecular weight excluding hydrogens is 267 g/mol. The first-order valence-corrected chi connectivity index (χ1v) is 6.90. The van der Waals surface area contributed by atoms with E-state index in [1.165, 1.54) is 12.1 Å². The summed E-state index contributed by atoms with van der Waals surface area (Å²) < 4.78 is 43.9. The van der Waals surface area contributed by atoms with Crippen molar-refractivity contribution in [3.63, 3.8) is 0 Å². The number of rotatable bonds is 4. The van der Waals surface area contributed by atoms with Crippen LogP contribution >= 0.6 is 0 Å². The fraction of sp³-hybridized carbons (Fsp3) is 0.600. The van der Waals surface area contributed by atoms with Crippen molar-refractivity contribution in [3.8, 4) is 0 Å². The molecule has 1 N–H and O–H groups in total. The fourth-order valence-corrected chi connectivity index (χ4v) is 2.49. The largest absolute Gasteiger partial charge is 0.416 e. The minimum absolute atomic E-state index is 0.223. The molecule has 0 radical (unpaired) electrons. The molecule has 1 heterocycles. The summed E-state index contributed by atoms with van der Waals surface area (Å²) in [6, 6.07) is 5.83. The Labute approximate surface area is 117 Å². The van der Waals surface area contributed by atoms with E-state index in [1.54, 1.807) is 6.07 Å². The van der Waals surface area contributed by atoms with Crippen LogP contribution in [0.4, 0.5) is 13.2 Å². The van der Waals surface area contributed by atoms with Gasteiger partial charge in [0.15, 0.2) is 0 Å². The quantitative estimate of drug-likeness (QED) is 0.910. The van der Waals surface area contributed by atoms with E-state index in [1.807, 2.05) is 0 Å². The van der Waals surface area contributed by atoms with Crippen LogP contribution in [-0.4, -0.2) is 19.2 Å². The first-order valence-electron chi connectivity index (χ1n) is 6.90. The van der Waals surface area contributed by atoms with Gasteiger partial charge in [0.1, 0.15) is 0 Å². The van der Waals surface area contributed by atoms with Gasteiger partial charge >= 0.3 is 6.18 Å². The van der Waals surface area contributed by atoms with E-state index >= 15 is 0 Å². The van der Waals surface area contributed by atoms with Crippen molar-refractivity contribution in [1.29, 1.82) is 0 Å². The summed E-state index contributed by atoms with van der Waals surface area (Å²) in [7, 11) is 0. The molecule has 1 fully saturated rings. The van der Waals surface area contributed by atoms with E-state index < -0.39 is 11.7 Å². The Morgan fingerprint density at radius 2 is 2.10 bits per heavy atom. The maximum absolute atomic E-state index is 12.8. The van der Waals surface area contributed by atoms with Crippen LogP contribution in [0, 0.1) is 5.92 Å². The Morgan fingerprint density at radius 3 is 2.75 bits per heavy atom. The van der Waals surface area contributed by atoms with Gasteiger partial charge in [0.2, 0.25) is 0 Å². The van der Waals surface area contributed by atoms with Crippen LogP contribution in [-0.2, 0) is 10.9 Å². The molecule has 0 amide bonds. The van der Waals surface area contributed by atoms with Crippen LogP contribution in [0.15, 0.2) is 24.3 Å². The van der Waals surface area contributed by atoms with E-state index in [0.717, 1.165) is 19.0 Å². The zero-order chi connectivity index (χ0) is 14.8. The van der Waals surface area contributed by atoms with E-state index in [0.29, 0.717) is 18.2 Å². The second-order valence-electron chi connectivity index (χ2n) is 5.53. The molecule has 1 aliphatic heterocycles. The summed E-state index contributed by atoms with van der Waals surface area (Å²) in [5.41, 5.74) is 0.00829. The molecule has 1 aromatic rings. The first kappa shape index (κ1) is 15.3. The predicted octanol–water partition coefficient (Wildman–Crippen LogP) is 3.78. The normalized spacial score (nSPS) is 23.5. The van der Waals surface area contributed by atoms with E-state index in [2.05, 4.69) is 19.2 Å². The highest BCUT2D eigenvalue weighted by atomic mass is 19.4. The monoisotopic (exact) mass is 287 g/mol. The lowest BCUT2D eigenvalue weighted by atomic mass is 9.94. The number of benzene rings is 1. The third-order valence-electron chi connectivity index (χ3n) is 3.54. The first-order chi connectivity index (χ1) is 9.38. The van der Waals surface area contributed by atoms with Gasteiger partial charge < -0.3 is 10.1 Å². The molecule has 0 bridgehead atoms. The van der Waals surface area contributed by atoms with Crippen molar-refractivity contribution in [3.05, 3.63) is 35.4 Å². The van der Waals surface area contributed by atoms with Crippen molar-refractivity contribution in [2.75, 3.05) is 13.2 Å². The third-order valence-corrected chi connectivity index (χ3v) is 3.54. The van der Waals surface area contributed by atoms with E-state index in [4.69, 9.17) is 4.74 Å². The van der Waals surface area contributed by atoms with Crippen molar-refractivity contribution in [2.45, 2.75) is 38.6 Å². The van der Waals surface area contributed by atoms with Crippen LogP contribution in [0.1, 0.15) is 37.5 Å². The van der Waals surface area contributed by atoms with Gasteiger partial charge in [-0.2, -0.15) is 13.2 Å². The van der Waals surface area contributed by atoms with Gasteiger partial charge in [-0.05, 0) is 24.1 Å². The topological polar surface area (TPSA) is 21.3 Å². The maximum Gasteiger partial charge on any atom is 0.416 e. The van der Waals surface area contributed by atoms with E-state index in [-0.39, 0.29) is 12.0 Å². The number of hydrogen-bond donors (Lipinski definition) is 1. The molecule has 2 unspecified atom stereocenters. The molecule has 5 heteroatoms. The van der Waals surface area contributed by atoms with Crippen LogP contribution in [0.5, 0.6) is 0 Å². The summed E-state index contributed by atoms with van der Waals surface area (Å²) in [6.07, 6.45) is -3.68. The number of halogens is 3. The van der Waals surface area contributed by atoms with Crippen LogP contribution in [0.25, 0.3) is 0 Å². The molecule has 0 aromatic heterocycles. The molecule has 0 spiro atoms. The van der Waals surface area contributed by atoms with Gasteiger partial charge in [-0.25, -0.2) is 0 Å². The lowest BCUT2D eigenvalue weighted by Crippen LogP contribution is -2.30. The average molecular weight is 287 g/mol. The molecule has 0 aliphatic carbocycles. The third kappa shape index (κ3) is 3.73. The molecule has 2 atom stereocenters. The summed E-state index contributed by atoms with van der Waals surface area (Å²) in [6.45, 7) is 5.47. The van der Waals surface area contributed by atoms with Crippen molar-refractivity contribution in [2.24, 2.45) is 5.92 Å². The van der Waals surface area contributed by atoms with Gasteiger partial charge in [-0.3, -0.25) is 0 Å². The predicted molar refractivity (Wildman–Crippen MR) is 71.4 cm³/mol. The Hall–Kier alpha value is -1.07. The molecular formula is C15H20F3NO.